The second kappa shape index (κ2) is 2.97. The molecule has 1 aliphatic rings. The van der Waals surface area contributed by atoms with Crippen molar-refractivity contribution in [3.8, 4) is 0 Å². The Bertz CT molecular complexity index is 58.3. The Balaban J connectivity index is 2.37. The first kappa shape index (κ1) is 5.95. The van der Waals surface area contributed by atoms with Gasteiger partial charge in [-0.05, 0) is 15.9 Å². The van der Waals surface area contributed by atoms with Crippen molar-refractivity contribution in [3.05, 3.63) is 0 Å². The molecular weight excluding hydrogens is 171 g/mol. The zero-order chi connectivity index (χ0) is 4.41. The third-order valence-corrected chi connectivity index (χ3v) is 25.6. The van der Waals surface area contributed by atoms with Crippen LogP contribution in [0.1, 0.15) is 0 Å². The normalized spacial score (nSPS) is 44.3. The highest BCUT2D eigenvalue weighted by atomic mass is 33.0. The average Bonchev–Trinajstić information content (AvgIpc) is 1.86. The molecule has 0 amide bonds. The van der Waals surface area contributed by atoms with Gasteiger partial charge in [0.25, 0.3) is 0 Å². The Labute approximate surface area is 44.2 Å². The van der Waals surface area contributed by atoms with E-state index in [9.17, 15) is 4.57 Å². The van der Waals surface area contributed by atoms with Crippen LogP contribution in [-0.4, -0.2) is 0 Å². The predicted molar refractivity (Wildman–Crippen MR) is 40.9 cm³/mol. The summed E-state index contributed by atoms with van der Waals surface area (Å²) in [4.78, 5) is 0. The van der Waals surface area contributed by atoms with E-state index in [4.69, 9.17) is 0 Å². The van der Waals surface area contributed by atoms with Crippen molar-refractivity contribution < 1.29 is 4.57 Å². The topological polar surface area (TPSA) is 17.1 Å². The van der Waals surface area contributed by atoms with Crippen molar-refractivity contribution in [3.63, 3.8) is 0 Å². The van der Waals surface area contributed by atoms with E-state index >= 15 is 0 Å². The molecule has 1 fully saturated rings. The molecule has 0 bridgehead atoms. The summed E-state index contributed by atoms with van der Waals surface area (Å²) in [6.45, 7) is 0. The summed E-state index contributed by atoms with van der Waals surface area (Å²) in [5, 5.41) is 0. The summed E-state index contributed by atoms with van der Waals surface area (Å²) in [5.74, 6) is 0. The highest BCUT2D eigenvalue weighted by Gasteiger charge is 2.22. The molecule has 0 saturated carbocycles. The molecular formula is H4OP5+. The SMILES string of the molecule is O=[P+]1PPPP1. The fraction of sp³-hybridized carbons (Fsp3) is 0. The molecule has 1 heterocycles. The van der Waals surface area contributed by atoms with E-state index in [1.165, 1.54) is 0 Å². The van der Waals surface area contributed by atoms with Gasteiger partial charge in [-0.15, -0.1) is 0 Å². The van der Waals surface area contributed by atoms with Gasteiger partial charge in [0.1, 0.15) is 0 Å². The Morgan fingerprint density at radius 2 is 1.67 bits per heavy atom. The zero-order valence-corrected chi connectivity index (χ0v) is 7.75. The average molecular weight is 175 g/mol. The molecule has 1 aliphatic heterocycles. The van der Waals surface area contributed by atoms with Crippen molar-refractivity contribution in [2.45, 2.75) is 0 Å². The third kappa shape index (κ3) is 1.74. The van der Waals surface area contributed by atoms with E-state index in [1.807, 2.05) is 0 Å². The minimum absolute atomic E-state index is 0.635. The molecule has 1 rings (SSSR count). The van der Waals surface area contributed by atoms with Gasteiger partial charge >= 0.3 is 7.18 Å². The number of hydrogen-bond donors (Lipinski definition) is 0. The molecule has 6 heavy (non-hydrogen) atoms. The van der Waals surface area contributed by atoms with Crippen LogP contribution in [0.25, 0.3) is 0 Å². The van der Waals surface area contributed by atoms with Crippen LogP contribution in [0.2, 0.25) is 0 Å². The second-order valence-electron chi connectivity index (χ2n) is 0.768. The maximum Gasteiger partial charge on any atom is 0.374 e. The van der Waals surface area contributed by atoms with Gasteiger partial charge in [0, 0.05) is 0 Å². The molecule has 0 aromatic rings. The van der Waals surface area contributed by atoms with Gasteiger partial charge in [-0.1, -0.05) is 4.57 Å². The molecule has 4 atom stereocenters. The van der Waals surface area contributed by atoms with Crippen molar-refractivity contribution in [1.29, 1.82) is 0 Å². The lowest BCUT2D eigenvalue weighted by molar-refractivity contribution is 0.603. The van der Waals surface area contributed by atoms with Crippen molar-refractivity contribution in [1.82, 2.24) is 0 Å². The van der Waals surface area contributed by atoms with Crippen molar-refractivity contribution in [2.75, 3.05) is 0 Å². The summed E-state index contributed by atoms with van der Waals surface area (Å²) < 4.78 is 10.4. The number of hydrogen-bond acceptors (Lipinski definition) is 1. The van der Waals surface area contributed by atoms with Gasteiger partial charge in [0.15, 0.2) is 15.9 Å². The maximum atomic E-state index is 10.4. The van der Waals surface area contributed by atoms with Crippen LogP contribution >= 0.6 is 39.0 Å². The first-order valence-electron chi connectivity index (χ1n) is 1.38. The molecule has 34 valence electrons. The van der Waals surface area contributed by atoms with Gasteiger partial charge in [-0.2, -0.15) is 0 Å². The predicted octanol–water partition coefficient (Wildman–Crippen LogP) is 3.12. The van der Waals surface area contributed by atoms with E-state index in [0.717, 1.165) is 31.8 Å². The van der Waals surface area contributed by atoms with Crippen LogP contribution in [0.4, 0.5) is 0 Å². The third-order valence-electron chi connectivity index (χ3n) is 0.377. The highest BCUT2D eigenvalue weighted by molar-refractivity contribution is 8.93. The van der Waals surface area contributed by atoms with Crippen LogP contribution in [-0.2, 0) is 4.57 Å². The molecule has 1 saturated heterocycles. The van der Waals surface area contributed by atoms with E-state index in [-0.39, 0.29) is 0 Å². The molecule has 0 aliphatic carbocycles. The van der Waals surface area contributed by atoms with Crippen LogP contribution in [0, 0.1) is 0 Å². The first-order valence-corrected chi connectivity index (χ1v) is 11.3. The maximum absolute atomic E-state index is 10.4. The quantitative estimate of drug-likeness (QED) is 0.516. The smallest absolute Gasteiger partial charge is 0.0696 e. The van der Waals surface area contributed by atoms with Crippen LogP contribution in [0.15, 0.2) is 0 Å². The minimum atomic E-state index is -0.635. The van der Waals surface area contributed by atoms with Crippen LogP contribution < -0.4 is 0 Å². The molecule has 0 aromatic carbocycles. The number of rotatable bonds is 0. The van der Waals surface area contributed by atoms with Gasteiger partial charge in [0.05, 0.1) is 0 Å². The van der Waals surface area contributed by atoms with E-state index < -0.39 is 7.18 Å². The largest absolute Gasteiger partial charge is 0.374 e. The molecule has 0 N–H and O–H groups in total. The Kier molecular flexibility index (Phi) is 2.94. The fourth-order valence-corrected chi connectivity index (χ4v) is 37.7. The highest BCUT2D eigenvalue weighted by Crippen LogP contribution is 2.90. The first-order chi connectivity index (χ1) is 2.89. The lowest BCUT2D eigenvalue weighted by atomic mass is 16.0. The molecule has 1 nitrogen and oxygen atoms in total. The van der Waals surface area contributed by atoms with Gasteiger partial charge in [-0.25, -0.2) is 0 Å². The molecule has 0 aromatic heterocycles. The molecule has 0 radical (unpaired) electrons. The van der Waals surface area contributed by atoms with E-state index in [2.05, 4.69) is 0 Å². The summed E-state index contributed by atoms with van der Waals surface area (Å²) in [6.07, 6.45) is 0. The lowest BCUT2D eigenvalue weighted by Gasteiger charge is -1.58. The summed E-state index contributed by atoms with van der Waals surface area (Å²) in [7, 11) is 3.20. The van der Waals surface area contributed by atoms with Crippen molar-refractivity contribution >= 4 is 39.0 Å². The Morgan fingerprint density at radius 3 is 1.83 bits per heavy atom. The summed E-state index contributed by atoms with van der Waals surface area (Å²) in [6, 6.07) is 0. The minimum Gasteiger partial charge on any atom is -0.0696 e. The zero-order valence-electron chi connectivity index (χ0n) is 2.86. The molecule has 4 unspecified atom stereocenters. The standard InChI is InChI=1S/H4OP5/c1-6-4-2-3-5-6/h2-5H/q+1. The Morgan fingerprint density at radius 1 is 1.17 bits per heavy atom. The molecule has 6 heteroatoms. The van der Waals surface area contributed by atoms with E-state index in [0.29, 0.717) is 0 Å². The van der Waals surface area contributed by atoms with E-state index in [1.54, 1.807) is 0 Å². The van der Waals surface area contributed by atoms with Gasteiger partial charge < -0.3 is 0 Å². The van der Waals surface area contributed by atoms with Gasteiger partial charge in [-0.3, -0.25) is 0 Å². The summed E-state index contributed by atoms with van der Waals surface area (Å²) in [5.41, 5.74) is 0. The van der Waals surface area contributed by atoms with Crippen molar-refractivity contribution in [2.24, 2.45) is 0 Å². The van der Waals surface area contributed by atoms with Gasteiger partial charge in [0.2, 0.25) is 0 Å². The molecule has 0 spiro atoms. The van der Waals surface area contributed by atoms with Crippen LogP contribution in [0.3, 0.4) is 0 Å². The lowest BCUT2D eigenvalue weighted by Crippen LogP contribution is -1.01. The monoisotopic (exact) mass is 175 g/mol. The second-order valence-corrected chi connectivity index (χ2v) is 17.4. The fourth-order valence-electron chi connectivity index (χ4n) is 0.185. The summed E-state index contributed by atoms with van der Waals surface area (Å²) >= 11 is 0. The van der Waals surface area contributed by atoms with Crippen LogP contribution in [0.5, 0.6) is 0 Å². The Hall–Kier alpha value is 1.82.